The summed E-state index contributed by atoms with van der Waals surface area (Å²) in [5, 5.41) is 16.4. The van der Waals surface area contributed by atoms with Crippen LogP contribution in [0.25, 0.3) is 22.2 Å². The van der Waals surface area contributed by atoms with Gasteiger partial charge in [-0.15, -0.1) is 0 Å². The van der Waals surface area contributed by atoms with Crippen LogP contribution in [-0.2, 0) is 4.79 Å². The minimum absolute atomic E-state index is 0.0181. The van der Waals surface area contributed by atoms with Gasteiger partial charge in [0.05, 0.1) is 23.4 Å². The first-order valence-corrected chi connectivity index (χ1v) is 9.26. The molecular formula is C23H20N4O2. The Hall–Kier alpha value is -3.93. The molecule has 6 nitrogen and oxygen atoms in total. The number of carbonyl (C=O) groups is 1. The van der Waals surface area contributed by atoms with Crippen LogP contribution in [0.3, 0.4) is 0 Å². The quantitative estimate of drug-likeness (QED) is 0.445. The predicted octanol–water partition coefficient (Wildman–Crippen LogP) is 4.36. The first-order chi connectivity index (χ1) is 14.1. The molecule has 6 heteroatoms. The van der Waals surface area contributed by atoms with Crippen molar-refractivity contribution < 1.29 is 9.90 Å². The number of benzene rings is 3. The molecule has 0 bridgehead atoms. The van der Waals surface area contributed by atoms with E-state index in [0.717, 1.165) is 27.7 Å². The number of amides is 1. The van der Waals surface area contributed by atoms with Crippen LogP contribution in [0.15, 0.2) is 72.8 Å². The lowest BCUT2D eigenvalue weighted by Gasteiger charge is -2.11. The third-order valence-electron chi connectivity index (χ3n) is 4.48. The summed E-state index contributed by atoms with van der Waals surface area (Å²) in [7, 11) is 0. The van der Waals surface area contributed by atoms with Crippen LogP contribution in [0.1, 0.15) is 5.56 Å². The van der Waals surface area contributed by atoms with E-state index in [4.69, 9.17) is 0 Å². The van der Waals surface area contributed by atoms with E-state index in [1.165, 1.54) is 6.07 Å². The van der Waals surface area contributed by atoms with Crippen molar-refractivity contribution in [1.29, 1.82) is 0 Å². The highest BCUT2D eigenvalue weighted by atomic mass is 16.3. The number of phenolic OH excluding ortho intramolecular Hbond substituents is 1. The van der Waals surface area contributed by atoms with Gasteiger partial charge in [0.15, 0.2) is 0 Å². The minimum atomic E-state index is -0.305. The van der Waals surface area contributed by atoms with Gasteiger partial charge < -0.3 is 15.7 Å². The van der Waals surface area contributed by atoms with E-state index in [1.807, 2.05) is 49.4 Å². The van der Waals surface area contributed by atoms with Crippen LogP contribution in [0.5, 0.6) is 5.75 Å². The Balaban J connectivity index is 1.60. The number of aromatic hydroxyl groups is 1. The number of nitrogens with zero attached hydrogens (tertiary/aromatic N) is 2. The molecule has 1 heterocycles. The van der Waals surface area contributed by atoms with Gasteiger partial charge in [0.1, 0.15) is 5.75 Å². The van der Waals surface area contributed by atoms with E-state index in [1.54, 1.807) is 18.2 Å². The van der Waals surface area contributed by atoms with Crippen LogP contribution >= 0.6 is 0 Å². The Morgan fingerprint density at radius 2 is 1.72 bits per heavy atom. The zero-order valence-electron chi connectivity index (χ0n) is 15.9. The summed E-state index contributed by atoms with van der Waals surface area (Å²) < 4.78 is 0. The van der Waals surface area contributed by atoms with Gasteiger partial charge in [-0.25, -0.2) is 9.97 Å². The lowest BCUT2D eigenvalue weighted by Crippen LogP contribution is -2.22. The molecule has 0 aliphatic rings. The summed E-state index contributed by atoms with van der Waals surface area (Å²) in [6.07, 6.45) is 0. The van der Waals surface area contributed by atoms with E-state index >= 15 is 0 Å². The molecule has 1 amide bonds. The Bertz CT molecular complexity index is 1180. The molecule has 4 aromatic rings. The Labute approximate surface area is 168 Å². The van der Waals surface area contributed by atoms with E-state index < -0.39 is 0 Å². The van der Waals surface area contributed by atoms with Gasteiger partial charge in [0, 0.05) is 10.9 Å². The second-order valence-corrected chi connectivity index (χ2v) is 6.70. The SMILES string of the molecule is Cc1ccc2nc(NCC(=O)Nc3ccccc3O)nc(-c3ccccc3)c2c1. The molecule has 0 atom stereocenters. The van der Waals surface area contributed by atoms with Crippen LogP contribution in [0.2, 0.25) is 0 Å². The van der Waals surface area contributed by atoms with E-state index in [9.17, 15) is 9.90 Å². The molecule has 0 saturated heterocycles. The molecule has 0 unspecified atom stereocenters. The fourth-order valence-corrected chi connectivity index (χ4v) is 3.07. The number of para-hydroxylation sites is 2. The Kier molecular flexibility index (Phi) is 5.07. The van der Waals surface area contributed by atoms with E-state index in [-0.39, 0.29) is 18.2 Å². The molecular weight excluding hydrogens is 364 g/mol. The van der Waals surface area contributed by atoms with Gasteiger partial charge in [-0.2, -0.15) is 0 Å². The molecule has 1 aromatic heterocycles. The van der Waals surface area contributed by atoms with Crippen molar-refractivity contribution in [2.75, 3.05) is 17.2 Å². The largest absolute Gasteiger partial charge is 0.506 e. The maximum Gasteiger partial charge on any atom is 0.243 e. The van der Waals surface area contributed by atoms with Gasteiger partial charge in [0.25, 0.3) is 0 Å². The third-order valence-corrected chi connectivity index (χ3v) is 4.48. The standard InChI is InChI=1S/C23H20N4O2/c1-15-11-12-18-17(13-15)22(16-7-3-2-4-8-16)27-23(26-18)24-14-21(29)25-19-9-5-6-10-20(19)28/h2-13,28H,14H2,1H3,(H,25,29)(H,24,26,27). The number of phenols is 1. The van der Waals surface area contributed by atoms with Crippen LogP contribution in [0.4, 0.5) is 11.6 Å². The van der Waals surface area contributed by atoms with Gasteiger partial charge in [0.2, 0.25) is 11.9 Å². The van der Waals surface area contributed by atoms with Crippen molar-refractivity contribution in [2.45, 2.75) is 6.92 Å². The summed E-state index contributed by atoms with van der Waals surface area (Å²) in [5.74, 6) is 0.0811. The number of aryl methyl sites for hydroxylation is 1. The number of anilines is 2. The zero-order chi connectivity index (χ0) is 20.2. The minimum Gasteiger partial charge on any atom is -0.506 e. The first-order valence-electron chi connectivity index (χ1n) is 9.26. The van der Waals surface area contributed by atoms with Crippen LogP contribution in [-0.4, -0.2) is 27.5 Å². The fourth-order valence-electron chi connectivity index (χ4n) is 3.07. The highest BCUT2D eigenvalue weighted by molar-refractivity contribution is 5.96. The average molecular weight is 384 g/mol. The molecule has 144 valence electrons. The molecule has 0 radical (unpaired) electrons. The van der Waals surface area contributed by atoms with Crippen molar-refractivity contribution >= 4 is 28.4 Å². The number of hydrogen-bond acceptors (Lipinski definition) is 5. The van der Waals surface area contributed by atoms with Crippen LogP contribution < -0.4 is 10.6 Å². The second kappa shape index (κ2) is 7.98. The van der Waals surface area contributed by atoms with Crippen molar-refractivity contribution in [1.82, 2.24) is 9.97 Å². The number of fused-ring (bicyclic) bond motifs is 1. The van der Waals surface area contributed by atoms with Crippen molar-refractivity contribution in [2.24, 2.45) is 0 Å². The topological polar surface area (TPSA) is 87.1 Å². The summed E-state index contributed by atoms with van der Waals surface area (Å²) in [5.41, 5.74) is 4.07. The Morgan fingerprint density at radius 3 is 2.52 bits per heavy atom. The molecule has 0 spiro atoms. The lowest BCUT2D eigenvalue weighted by atomic mass is 10.0. The molecule has 3 aromatic carbocycles. The predicted molar refractivity (Wildman–Crippen MR) is 115 cm³/mol. The average Bonchev–Trinajstić information content (AvgIpc) is 2.74. The number of nitrogens with one attached hydrogen (secondary N) is 2. The molecule has 3 N–H and O–H groups in total. The number of rotatable bonds is 5. The van der Waals surface area contributed by atoms with Crippen LogP contribution in [0, 0.1) is 6.92 Å². The summed E-state index contributed by atoms with van der Waals surface area (Å²) >= 11 is 0. The van der Waals surface area contributed by atoms with Gasteiger partial charge in [-0.05, 0) is 31.2 Å². The maximum atomic E-state index is 12.3. The molecule has 0 saturated carbocycles. The van der Waals surface area contributed by atoms with Gasteiger partial charge in [-0.3, -0.25) is 4.79 Å². The monoisotopic (exact) mass is 384 g/mol. The molecule has 0 aliphatic heterocycles. The van der Waals surface area contributed by atoms with Gasteiger partial charge >= 0.3 is 0 Å². The Morgan fingerprint density at radius 1 is 0.966 bits per heavy atom. The molecule has 0 fully saturated rings. The summed E-state index contributed by atoms with van der Waals surface area (Å²) in [6.45, 7) is 2.00. The highest BCUT2D eigenvalue weighted by Gasteiger charge is 2.12. The summed E-state index contributed by atoms with van der Waals surface area (Å²) in [4.78, 5) is 21.5. The number of carbonyl (C=O) groups excluding carboxylic acids is 1. The van der Waals surface area contributed by atoms with Crippen molar-refractivity contribution in [3.05, 3.63) is 78.4 Å². The molecule has 0 aliphatic carbocycles. The van der Waals surface area contributed by atoms with Crippen molar-refractivity contribution in [3.8, 4) is 17.0 Å². The second-order valence-electron chi connectivity index (χ2n) is 6.70. The third kappa shape index (κ3) is 4.16. The molecule has 29 heavy (non-hydrogen) atoms. The first kappa shape index (κ1) is 18.4. The maximum absolute atomic E-state index is 12.3. The number of hydrogen-bond donors (Lipinski definition) is 3. The fraction of sp³-hybridized carbons (Fsp3) is 0.0870. The smallest absolute Gasteiger partial charge is 0.243 e. The highest BCUT2D eigenvalue weighted by Crippen LogP contribution is 2.28. The molecule has 4 rings (SSSR count). The van der Waals surface area contributed by atoms with Gasteiger partial charge in [-0.1, -0.05) is 54.1 Å². The lowest BCUT2D eigenvalue weighted by molar-refractivity contribution is -0.114. The number of aromatic nitrogens is 2. The normalized spacial score (nSPS) is 10.7. The zero-order valence-corrected chi connectivity index (χ0v) is 15.9. The summed E-state index contributed by atoms with van der Waals surface area (Å²) in [6, 6.07) is 22.5. The van der Waals surface area contributed by atoms with E-state index in [0.29, 0.717) is 11.6 Å². The van der Waals surface area contributed by atoms with Crippen molar-refractivity contribution in [3.63, 3.8) is 0 Å². The van der Waals surface area contributed by atoms with E-state index in [2.05, 4.69) is 26.7 Å².